The van der Waals surface area contributed by atoms with E-state index in [2.05, 4.69) is 38.8 Å². The van der Waals surface area contributed by atoms with Crippen LogP contribution in [0, 0.1) is 24.4 Å². The quantitative estimate of drug-likeness (QED) is 0.281. The van der Waals surface area contributed by atoms with E-state index in [4.69, 9.17) is 11.5 Å². The molecule has 16 nitrogen and oxygen atoms in total. The van der Waals surface area contributed by atoms with Crippen LogP contribution < -0.4 is 22.1 Å². The topological polar surface area (TPSA) is 225 Å². The molecule has 5 heterocycles. The van der Waals surface area contributed by atoms with Crippen molar-refractivity contribution in [2.75, 3.05) is 44.1 Å². The monoisotopic (exact) mass is 918 g/mol. The van der Waals surface area contributed by atoms with Gasteiger partial charge in [0, 0.05) is 67.1 Å². The fourth-order valence-corrected chi connectivity index (χ4v) is 12.2. The third kappa shape index (κ3) is 8.46. The molecule has 334 valence electrons. The second-order valence-electron chi connectivity index (χ2n) is 16.4. The Morgan fingerprint density at radius 3 is 1.48 bits per heavy atom. The van der Waals surface area contributed by atoms with Crippen LogP contribution in [-0.2, 0) is 59.8 Å². The van der Waals surface area contributed by atoms with Gasteiger partial charge in [0.15, 0.2) is 0 Å². The molecule has 0 amide bonds. The summed E-state index contributed by atoms with van der Waals surface area (Å²) < 4.78 is 119. The number of benzene rings is 3. The lowest BCUT2D eigenvalue weighted by molar-refractivity contribution is 0.346. The van der Waals surface area contributed by atoms with Crippen molar-refractivity contribution in [3.8, 4) is 0 Å². The number of fused-ring (bicyclic) bond motifs is 2. The number of nitrogen functional groups attached to an aromatic ring is 1. The van der Waals surface area contributed by atoms with Crippen molar-refractivity contribution < 1.29 is 38.4 Å². The first-order valence-electron chi connectivity index (χ1n) is 18.9. The molecule has 3 atom stereocenters. The van der Waals surface area contributed by atoms with E-state index in [-0.39, 0.29) is 46.0 Å². The standard InChI is InChI=1S/C14H16FN3O2S.C13H15FN4O2S.C13H18FN3O2S/c1-9-17-14(2,8-21(19,20)18(9)3)12-4-10-6-16-7-11(10)5-13(12)15;1-13(7-21(19,20)18(2)12(15)17-13)10-3-8-5-16-6-9(8)4-11(10)14;1-8-5-11(14)10(6-12(8)15)13(3)7-20(18,19)17(4)9(2)16-13/h4-5,7,17H,1,6,8H2,2-3H3;3-4,6H,5,7H2,1-2H3,(H2,15,17);5-6,16H,2,7,15H2,1,3-4H3/t14-;2*13-/m000/s1. The lowest BCUT2D eigenvalue weighted by Gasteiger charge is -2.41. The number of nitrogens with two attached hydrogens (primary N) is 2. The molecule has 0 unspecified atom stereocenters. The third-order valence-corrected chi connectivity index (χ3v) is 17.5. The van der Waals surface area contributed by atoms with Crippen LogP contribution in [0.3, 0.4) is 0 Å². The van der Waals surface area contributed by atoms with Gasteiger partial charge in [-0.15, -0.1) is 0 Å². The van der Waals surface area contributed by atoms with Crippen LogP contribution in [0.1, 0.15) is 65.3 Å². The predicted molar refractivity (Wildman–Crippen MR) is 234 cm³/mol. The molecular weight excluding hydrogens is 870 g/mol. The molecule has 5 aliphatic heterocycles. The summed E-state index contributed by atoms with van der Waals surface area (Å²) in [4.78, 5) is 12.4. The highest BCUT2D eigenvalue weighted by Gasteiger charge is 2.45. The molecule has 6 N–H and O–H groups in total. The number of nitrogens with zero attached hydrogens (tertiary/aromatic N) is 6. The van der Waals surface area contributed by atoms with Crippen molar-refractivity contribution in [1.82, 2.24) is 23.5 Å². The average Bonchev–Trinajstić information content (AvgIpc) is 3.81. The Kier molecular flexibility index (Phi) is 11.6. The Morgan fingerprint density at radius 2 is 1.03 bits per heavy atom. The number of nitrogens with one attached hydrogen (secondary N) is 2. The minimum atomic E-state index is -3.62. The summed E-state index contributed by atoms with van der Waals surface area (Å²) in [5.41, 5.74) is 13.1. The number of hydrogen-bond donors (Lipinski definition) is 4. The van der Waals surface area contributed by atoms with Crippen molar-refractivity contribution in [3.63, 3.8) is 0 Å². The second-order valence-corrected chi connectivity index (χ2v) is 22.4. The summed E-state index contributed by atoms with van der Waals surface area (Å²) >= 11 is 0. The first kappa shape index (κ1) is 45.9. The fourth-order valence-electron chi connectivity index (χ4n) is 7.72. The van der Waals surface area contributed by atoms with Gasteiger partial charge >= 0.3 is 0 Å². The fraction of sp³-hybridized carbons (Fsp3) is 0.375. The van der Waals surface area contributed by atoms with E-state index in [1.54, 1.807) is 52.3 Å². The molecule has 0 aromatic heterocycles. The molecule has 22 heteroatoms. The predicted octanol–water partition coefficient (Wildman–Crippen LogP) is 3.14. The number of hydrogen-bond acceptors (Lipinski definition) is 13. The van der Waals surface area contributed by atoms with Crippen molar-refractivity contribution in [3.05, 3.63) is 123 Å². The number of aliphatic imine (C=N–C) groups is 3. The van der Waals surface area contributed by atoms with Gasteiger partial charge in [-0.05, 0) is 80.8 Å². The van der Waals surface area contributed by atoms with Crippen LogP contribution in [0.25, 0.3) is 0 Å². The summed E-state index contributed by atoms with van der Waals surface area (Å²) in [7, 11) is -6.52. The highest BCUT2D eigenvalue weighted by atomic mass is 32.2. The Labute approximate surface area is 360 Å². The highest BCUT2D eigenvalue weighted by molar-refractivity contribution is 7.90. The van der Waals surface area contributed by atoms with Gasteiger partial charge in [0.05, 0.1) is 41.4 Å². The molecular formula is C40H49F3N10O6S3. The average molecular weight is 919 g/mol. The van der Waals surface area contributed by atoms with Gasteiger partial charge in [-0.1, -0.05) is 13.2 Å². The van der Waals surface area contributed by atoms with Gasteiger partial charge in [-0.2, -0.15) is 0 Å². The zero-order valence-electron chi connectivity index (χ0n) is 35.2. The van der Waals surface area contributed by atoms with E-state index in [1.807, 2.05) is 0 Å². The maximum absolute atomic E-state index is 14.4. The number of aryl methyl sites for hydroxylation is 1. The van der Waals surface area contributed by atoms with E-state index in [1.165, 1.54) is 45.4 Å². The summed E-state index contributed by atoms with van der Waals surface area (Å²) in [6.07, 6.45) is 3.23. The molecule has 0 aliphatic carbocycles. The van der Waals surface area contributed by atoms with Gasteiger partial charge < -0.3 is 22.1 Å². The normalized spacial score (nSPS) is 26.2. The summed E-state index contributed by atoms with van der Waals surface area (Å²) in [6.45, 7) is 14.9. The molecule has 2 fully saturated rings. The van der Waals surface area contributed by atoms with E-state index < -0.39 is 64.1 Å². The van der Waals surface area contributed by atoms with Gasteiger partial charge in [-0.3, -0.25) is 18.6 Å². The first-order chi connectivity index (χ1) is 28.5. The lowest BCUT2D eigenvalue weighted by Crippen LogP contribution is -2.56. The molecule has 3 aromatic carbocycles. The van der Waals surface area contributed by atoms with E-state index >= 15 is 0 Å². The molecule has 0 saturated carbocycles. The van der Waals surface area contributed by atoms with Gasteiger partial charge in [0.1, 0.15) is 34.6 Å². The molecule has 2 saturated heterocycles. The molecule has 3 aromatic rings. The largest absolute Gasteiger partial charge is 0.399 e. The van der Waals surface area contributed by atoms with Crippen LogP contribution >= 0.6 is 0 Å². The van der Waals surface area contributed by atoms with E-state index in [0.29, 0.717) is 35.5 Å². The number of halogens is 3. The molecule has 62 heavy (non-hydrogen) atoms. The smallest absolute Gasteiger partial charge is 0.239 e. The van der Waals surface area contributed by atoms with Crippen molar-refractivity contribution in [2.45, 2.75) is 57.4 Å². The van der Waals surface area contributed by atoms with E-state index in [9.17, 15) is 38.4 Å². The number of anilines is 1. The third-order valence-electron chi connectivity index (χ3n) is 11.5. The van der Waals surface area contributed by atoms with Gasteiger partial charge in [0.2, 0.25) is 36.0 Å². The molecule has 0 bridgehead atoms. The lowest BCUT2D eigenvalue weighted by atomic mass is 9.90. The zero-order chi connectivity index (χ0) is 46.1. The Morgan fingerprint density at radius 1 is 0.629 bits per heavy atom. The molecule has 8 rings (SSSR count). The summed E-state index contributed by atoms with van der Waals surface area (Å²) in [6, 6.07) is 8.88. The van der Waals surface area contributed by atoms with Crippen LogP contribution in [-0.4, -0.2) is 95.0 Å². The Balaban J connectivity index is 0.000000155. The van der Waals surface area contributed by atoms with Crippen molar-refractivity contribution >= 4 is 54.1 Å². The van der Waals surface area contributed by atoms with Crippen LogP contribution in [0.5, 0.6) is 0 Å². The number of rotatable bonds is 3. The van der Waals surface area contributed by atoms with Crippen LogP contribution in [0.4, 0.5) is 18.9 Å². The highest BCUT2D eigenvalue weighted by Crippen LogP contribution is 2.37. The second kappa shape index (κ2) is 15.6. The van der Waals surface area contributed by atoms with Crippen molar-refractivity contribution in [2.24, 2.45) is 20.7 Å². The Hall–Kier alpha value is -5.61. The zero-order valence-corrected chi connectivity index (χ0v) is 37.7. The van der Waals surface area contributed by atoms with Gasteiger partial charge in [-0.25, -0.2) is 47.7 Å². The number of guanidine groups is 1. The summed E-state index contributed by atoms with van der Waals surface area (Å²) in [5.74, 6) is -1.95. The van der Waals surface area contributed by atoms with Gasteiger partial charge in [0.25, 0.3) is 0 Å². The molecule has 5 aliphatic rings. The number of sulfonamides is 3. The summed E-state index contributed by atoms with van der Waals surface area (Å²) in [5, 5.41) is 5.98. The first-order valence-corrected chi connectivity index (χ1v) is 23.8. The maximum Gasteiger partial charge on any atom is 0.239 e. The maximum atomic E-state index is 14.4. The van der Waals surface area contributed by atoms with E-state index in [0.717, 1.165) is 29.6 Å². The molecule has 0 radical (unpaired) electrons. The minimum Gasteiger partial charge on any atom is -0.399 e. The SMILES string of the molecule is C=C1N[C@](C)(c2cc(N)c(C)cc2F)CS(=O)(=O)N1C.C=C1N[C@](C)(c2cc3c(cc2F)C=NC3)CS(=O)(=O)N1C.CN1C(N)=N[C@](C)(c2cc3c(cc2F)C=NC3)CS1(=O)=O. The molecule has 0 spiro atoms. The Bertz CT molecular complexity index is 2840. The van der Waals surface area contributed by atoms with Crippen LogP contribution in [0.15, 0.2) is 76.2 Å². The van der Waals surface area contributed by atoms with Crippen molar-refractivity contribution in [1.29, 1.82) is 0 Å². The minimum absolute atomic E-state index is 0.139. The van der Waals surface area contributed by atoms with Crippen LogP contribution in [0.2, 0.25) is 0 Å².